The molecule has 2 heterocycles. The minimum Gasteiger partial charge on any atom is -0.278 e. The maximum atomic E-state index is 5.15. The number of hydrogen-bond acceptors (Lipinski definition) is 3. The highest BCUT2D eigenvalue weighted by molar-refractivity contribution is 6.13. The molecule has 0 radical (unpaired) electrons. The Labute approximate surface area is 261 Å². The van der Waals surface area contributed by atoms with Gasteiger partial charge in [-0.15, -0.1) is 0 Å². The topological polar surface area (TPSA) is 43.6 Å². The zero-order chi connectivity index (χ0) is 30.3. The Kier molecular flexibility index (Phi) is 5.42. The minimum atomic E-state index is -0.161. The summed E-state index contributed by atoms with van der Waals surface area (Å²) in [6.07, 6.45) is 0. The van der Waals surface area contributed by atoms with Crippen LogP contribution >= 0.6 is 0 Å². The quantitative estimate of drug-likeness (QED) is 0.210. The Bertz CT molecular complexity index is 2450. The number of benzene rings is 6. The molecule has 0 saturated heterocycles. The molecule has 0 saturated carbocycles. The van der Waals surface area contributed by atoms with Gasteiger partial charge in [0, 0.05) is 27.3 Å². The van der Waals surface area contributed by atoms with Gasteiger partial charge in [-0.25, -0.2) is 4.98 Å². The Balaban J connectivity index is 1.36. The van der Waals surface area contributed by atoms with E-state index in [4.69, 9.17) is 15.0 Å². The van der Waals surface area contributed by atoms with E-state index in [0.717, 1.165) is 22.2 Å². The van der Waals surface area contributed by atoms with E-state index in [-0.39, 0.29) is 5.41 Å². The van der Waals surface area contributed by atoms with Crippen LogP contribution in [-0.2, 0) is 5.41 Å². The van der Waals surface area contributed by atoms with Crippen molar-refractivity contribution in [2.75, 3.05) is 0 Å². The van der Waals surface area contributed by atoms with Crippen molar-refractivity contribution in [3.05, 3.63) is 144 Å². The molecule has 0 bridgehead atoms. The van der Waals surface area contributed by atoms with Crippen LogP contribution in [0, 0.1) is 6.92 Å². The number of aromatic nitrogens is 4. The van der Waals surface area contributed by atoms with E-state index in [1.807, 2.05) is 18.2 Å². The fourth-order valence-corrected chi connectivity index (χ4v) is 7.19. The molecule has 0 amide bonds. The number of aryl methyl sites for hydroxylation is 1. The summed E-state index contributed by atoms with van der Waals surface area (Å²) in [7, 11) is 0. The summed E-state index contributed by atoms with van der Waals surface area (Å²) in [6, 6.07) is 45.3. The van der Waals surface area contributed by atoms with Gasteiger partial charge < -0.3 is 0 Å². The first-order valence-electron chi connectivity index (χ1n) is 15.5. The van der Waals surface area contributed by atoms with Crippen molar-refractivity contribution in [1.29, 1.82) is 0 Å². The van der Waals surface area contributed by atoms with E-state index in [0.29, 0.717) is 17.6 Å². The molecule has 4 heteroatoms. The van der Waals surface area contributed by atoms with Gasteiger partial charge in [-0.1, -0.05) is 129 Å². The van der Waals surface area contributed by atoms with E-state index < -0.39 is 0 Å². The highest BCUT2D eigenvalue weighted by Gasteiger charge is 2.37. The molecule has 0 aliphatic heterocycles. The van der Waals surface area contributed by atoms with Crippen molar-refractivity contribution in [3.63, 3.8) is 0 Å². The van der Waals surface area contributed by atoms with Crippen LogP contribution in [0.1, 0.15) is 30.5 Å². The molecule has 0 N–H and O–H groups in total. The van der Waals surface area contributed by atoms with E-state index >= 15 is 0 Å². The molecule has 0 spiro atoms. The van der Waals surface area contributed by atoms with E-state index in [2.05, 4.69) is 135 Å². The van der Waals surface area contributed by atoms with Crippen LogP contribution in [0.4, 0.5) is 0 Å². The Morgan fingerprint density at radius 3 is 1.98 bits per heavy atom. The second-order valence-electron chi connectivity index (χ2n) is 12.6. The Morgan fingerprint density at radius 2 is 1.20 bits per heavy atom. The van der Waals surface area contributed by atoms with Crippen molar-refractivity contribution in [3.8, 4) is 39.9 Å². The average Bonchev–Trinajstić information content (AvgIpc) is 3.52. The SMILES string of the molecule is Cc1ccc(-c2nc(-c3ccccc3)nc(-n3c4ccccc4c4cc5c(cc43)C(C)(C)c3ccc4ccccc4c3-5)n2)cc1. The van der Waals surface area contributed by atoms with Crippen molar-refractivity contribution in [1.82, 2.24) is 19.5 Å². The molecule has 2 aromatic heterocycles. The summed E-state index contributed by atoms with van der Waals surface area (Å²) in [5.74, 6) is 1.93. The van der Waals surface area contributed by atoms with Crippen LogP contribution in [0.5, 0.6) is 0 Å². The predicted molar refractivity (Wildman–Crippen MR) is 185 cm³/mol. The van der Waals surface area contributed by atoms with Crippen LogP contribution in [0.2, 0.25) is 0 Å². The summed E-state index contributed by atoms with van der Waals surface area (Å²) in [4.78, 5) is 15.3. The van der Waals surface area contributed by atoms with Crippen LogP contribution < -0.4 is 0 Å². The summed E-state index contributed by atoms with van der Waals surface area (Å²) in [5, 5.41) is 4.95. The molecular formula is C41H30N4. The number of para-hydroxylation sites is 1. The first-order valence-corrected chi connectivity index (χ1v) is 15.5. The van der Waals surface area contributed by atoms with Crippen LogP contribution in [0.15, 0.2) is 127 Å². The van der Waals surface area contributed by atoms with Gasteiger partial charge in [0.25, 0.3) is 0 Å². The normalized spacial score (nSPS) is 13.4. The standard InChI is InChI=1S/C41H30N4/c1-25-17-19-28(20-18-25)39-42-38(27-12-5-4-6-13-27)43-40(44-39)45-35-16-10-9-15-30(35)31-23-32-34(24-36(31)45)41(2,3)33-22-21-26-11-7-8-14-29(26)37(32)33/h4-24H,1-3H3. The van der Waals surface area contributed by atoms with Gasteiger partial charge >= 0.3 is 0 Å². The third kappa shape index (κ3) is 3.82. The second kappa shape index (κ2) is 9.44. The third-order valence-corrected chi connectivity index (χ3v) is 9.52. The van der Waals surface area contributed by atoms with Crippen LogP contribution in [-0.4, -0.2) is 19.5 Å². The number of fused-ring (bicyclic) bond motifs is 8. The second-order valence-corrected chi connectivity index (χ2v) is 12.6. The van der Waals surface area contributed by atoms with Gasteiger partial charge in [0.1, 0.15) is 0 Å². The molecule has 9 rings (SSSR count). The monoisotopic (exact) mass is 578 g/mol. The molecule has 0 fully saturated rings. The fourth-order valence-electron chi connectivity index (χ4n) is 7.19. The van der Waals surface area contributed by atoms with Gasteiger partial charge in [-0.3, -0.25) is 4.57 Å². The van der Waals surface area contributed by atoms with Gasteiger partial charge in [0.2, 0.25) is 5.95 Å². The highest BCUT2D eigenvalue weighted by Crippen LogP contribution is 2.53. The lowest BCUT2D eigenvalue weighted by molar-refractivity contribution is 0.661. The maximum absolute atomic E-state index is 5.15. The van der Waals surface area contributed by atoms with Gasteiger partial charge in [0.05, 0.1) is 11.0 Å². The molecular weight excluding hydrogens is 548 g/mol. The smallest absolute Gasteiger partial charge is 0.238 e. The van der Waals surface area contributed by atoms with Crippen LogP contribution in [0.25, 0.3) is 72.4 Å². The third-order valence-electron chi connectivity index (χ3n) is 9.52. The predicted octanol–water partition coefficient (Wildman–Crippen LogP) is 10.1. The van der Waals surface area contributed by atoms with Gasteiger partial charge in [0.15, 0.2) is 11.6 Å². The lowest BCUT2D eigenvalue weighted by Gasteiger charge is -2.22. The van der Waals surface area contributed by atoms with Crippen molar-refractivity contribution >= 4 is 32.6 Å². The molecule has 0 unspecified atom stereocenters. The van der Waals surface area contributed by atoms with Gasteiger partial charge in [-0.2, -0.15) is 9.97 Å². The highest BCUT2D eigenvalue weighted by atomic mass is 15.2. The Hall–Kier alpha value is -5.61. The first kappa shape index (κ1) is 25.8. The van der Waals surface area contributed by atoms with E-state index in [9.17, 15) is 0 Å². The minimum absolute atomic E-state index is 0.161. The van der Waals surface area contributed by atoms with Crippen molar-refractivity contribution in [2.45, 2.75) is 26.2 Å². The molecule has 6 aromatic carbocycles. The summed E-state index contributed by atoms with van der Waals surface area (Å²) in [6.45, 7) is 6.78. The average molecular weight is 579 g/mol. The molecule has 4 nitrogen and oxygen atoms in total. The van der Waals surface area contributed by atoms with E-state index in [1.54, 1.807) is 0 Å². The van der Waals surface area contributed by atoms with E-state index in [1.165, 1.54) is 49.4 Å². The summed E-state index contributed by atoms with van der Waals surface area (Å²) < 4.78 is 2.23. The lowest BCUT2D eigenvalue weighted by atomic mass is 9.82. The molecule has 1 aliphatic rings. The van der Waals surface area contributed by atoms with Gasteiger partial charge in [-0.05, 0) is 58.1 Å². The maximum Gasteiger partial charge on any atom is 0.238 e. The number of hydrogen-bond donors (Lipinski definition) is 0. The Morgan fingerprint density at radius 1 is 0.533 bits per heavy atom. The largest absolute Gasteiger partial charge is 0.278 e. The number of rotatable bonds is 3. The molecule has 214 valence electrons. The zero-order valence-electron chi connectivity index (χ0n) is 25.4. The molecule has 8 aromatic rings. The molecule has 45 heavy (non-hydrogen) atoms. The summed E-state index contributed by atoms with van der Waals surface area (Å²) in [5.41, 5.74) is 10.5. The molecule has 1 aliphatic carbocycles. The van der Waals surface area contributed by atoms with Crippen molar-refractivity contribution < 1.29 is 0 Å². The van der Waals surface area contributed by atoms with Crippen molar-refractivity contribution in [2.24, 2.45) is 0 Å². The lowest BCUT2D eigenvalue weighted by Crippen LogP contribution is -2.15. The summed E-state index contributed by atoms with van der Waals surface area (Å²) >= 11 is 0. The molecule has 0 atom stereocenters. The first-order chi connectivity index (χ1) is 22.0. The zero-order valence-corrected chi connectivity index (χ0v) is 25.4. The van der Waals surface area contributed by atoms with Crippen LogP contribution in [0.3, 0.4) is 0 Å². The fraction of sp³-hybridized carbons (Fsp3) is 0.0976. The number of nitrogens with zero attached hydrogens (tertiary/aromatic N) is 4.